The third-order valence-electron chi connectivity index (χ3n) is 1.92. The smallest absolute Gasteiger partial charge is 0.141 e. The van der Waals surface area contributed by atoms with Crippen molar-refractivity contribution in [3.8, 4) is 0 Å². The van der Waals surface area contributed by atoms with Crippen LogP contribution in [0.15, 0.2) is 52.4 Å². The molecule has 0 unspecified atom stereocenters. The molecule has 82 valence electrons. The molecule has 2 aromatic rings. The molecule has 0 saturated carbocycles. The quantitative estimate of drug-likeness (QED) is 0.634. The van der Waals surface area contributed by atoms with Gasteiger partial charge in [-0.15, -0.1) is 0 Å². The van der Waals surface area contributed by atoms with E-state index in [0.29, 0.717) is 15.7 Å². The first-order valence-electron chi connectivity index (χ1n) is 4.65. The minimum Gasteiger partial charge on any atom is -0.308 e. The van der Waals surface area contributed by atoms with E-state index in [-0.39, 0.29) is 5.82 Å². The first kappa shape index (κ1) is 10.9. The molecule has 16 heavy (non-hydrogen) atoms. The van der Waals surface area contributed by atoms with E-state index in [4.69, 9.17) is 5.84 Å². The number of hydrogen-bond acceptors (Lipinski definition) is 4. The van der Waals surface area contributed by atoms with Crippen LogP contribution in [-0.2, 0) is 0 Å². The first-order chi connectivity index (χ1) is 7.79. The van der Waals surface area contributed by atoms with Crippen LogP contribution in [0.5, 0.6) is 0 Å². The van der Waals surface area contributed by atoms with Gasteiger partial charge < -0.3 is 5.43 Å². The van der Waals surface area contributed by atoms with Crippen molar-refractivity contribution in [3.05, 3.63) is 48.3 Å². The van der Waals surface area contributed by atoms with Crippen molar-refractivity contribution < 1.29 is 4.39 Å². The molecule has 3 N–H and O–H groups in total. The van der Waals surface area contributed by atoms with Crippen LogP contribution >= 0.6 is 11.8 Å². The second kappa shape index (κ2) is 4.96. The maximum Gasteiger partial charge on any atom is 0.141 e. The predicted octanol–water partition coefficient (Wildman–Crippen LogP) is 2.66. The number of aromatic nitrogens is 1. The van der Waals surface area contributed by atoms with Crippen molar-refractivity contribution in [1.29, 1.82) is 0 Å². The van der Waals surface area contributed by atoms with Crippen molar-refractivity contribution in [2.45, 2.75) is 9.92 Å². The molecule has 0 spiro atoms. The summed E-state index contributed by atoms with van der Waals surface area (Å²) in [6, 6.07) is 11.9. The standard InChI is InChI=1S/C11H10FN3S/c12-8-4-1-2-5-9(8)16-11-7-3-6-10(14-11)15-13/h1-7H,13H2,(H,14,15). The molecule has 5 heteroatoms. The number of halogens is 1. The van der Waals surface area contributed by atoms with Crippen molar-refractivity contribution >= 4 is 17.6 Å². The van der Waals surface area contributed by atoms with E-state index in [1.165, 1.54) is 17.8 Å². The number of nitrogens with zero attached hydrogens (tertiary/aromatic N) is 1. The minimum absolute atomic E-state index is 0.250. The number of nitrogen functional groups attached to an aromatic ring is 1. The predicted molar refractivity (Wildman–Crippen MR) is 62.6 cm³/mol. The van der Waals surface area contributed by atoms with Crippen molar-refractivity contribution in [3.63, 3.8) is 0 Å². The van der Waals surface area contributed by atoms with Gasteiger partial charge in [-0.05, 0) is 24.3 Å². The zero-order chi connectivity index (χ0) is 11.4. The van der Waals surface area contributed by atoms with E-state index < -0.39 is 0 Å². The Morgan fingerprint density at radius 2 is 1.94 bits per heavy atom. The molecule has 0 fully saturated rings. The third kappa shape index (κ3) is 2.50. The van der Waals surface area contributed by atoms with Gasteiger partial charge in [-0.1, -0.05) is 30.0 Å². The molecular weight excluding hydrogens is 225 g/mol. The van der Waals surface area contributed by atoms with Crippen LogP contribution in [0.4, 0.5) is 10.2 Å². The van der Waals surface area contributed by atoms with Gasteiger partial charge in [-0.2, -0.15) is 0 Å². The first-order valence-corrected chi connectivity index (χ1v) is 5.47. The summed E-state index contributed by atoms with van der Waals surface area (Å²) in [6.45, 7) is 0. The summed E-state index contributed by atoms with van der Waals surface area (Å²) in [6.07, 6.45) is 0. The van der Waals surface area contributed by atoms with Gasteiger partial charge in [0.15, 0.2) is 0 Å². The average molecular weight is 235 g/mol. The van der Waals surface area contributed by atoms with Gasteiger partial charge in [0.2, 0.25) is 0 Å². The summed E-state index contributed by atoms with van der Waals surface area (Å²) in [4.78, 5) is 4.73. The Morgan fingerprint density at radius 3 is 2.69 bits per heavy atom. The lowest BCUT2D eigenvalue weighted by atomic mass is 10.3. The van der Waals surface area contributed by atoms with E-state index in [0.717, 1.165) is 0 Å². The van der Waals surface area contributed by atoms with Gasteiger partial charge in [0.05, 0.1) is 0 Å². The minimum atomic E-state index is -0.250. The van der Waals surface area contributed by atoms with E-state index in [1.54, 1.807) is 30.3 Å². The highest BCUT2D eigenvalue weighted by molar-refractivity contribution is 7.99. The molecule has 0 saturated heterocycles. The number of pyridine rings is 1. The molecular formula is C11H10FN3S. The lowest BCUT2D eigenvalue weighted by Crippen LogP contribution is -2.08. The van der Waals surface area contributed by atoms with Gasteiger partial charge in [-0.25, -0.2) is 15.2 Å². The molecule has 0 aliphatic carbocycles. The highest BCUT2D eigenvalue weighted by Crippen LogP contribution is 2.28. The largest absolute Gasteiger partial charge is 0.308 e. The zero-order valence-corrected chi connectivity index (χ0v) is 9.17. The Hall–Kier alpha value is -1.59. The van der Waals surface area contributed by atoms with Crippen molar-refractivity contribution in [1.82, 2.24) is 4.98 Å². The van der Waals surface area contributed by atoms with E-state index in [2.05, 4.69) is 10.4 Å². The van der Waals surface area contributed by atoms with Gasteiger partial charge >= 0.3 is 0 Å². The van der Waals surface area contributed by atoms with Crippen LogP contribution in [0.25, 0.3) is 0 Å². The molecule has 0 aliphatic heterocycles. The van der Waals surface area contributed by atoms with Gasteiger partial charge in [0, 0.05) is 4.90 Å². The Kier molecular flexibility index (Phi) is 3.38. The van der Waals surface area contributed by atoms with Crippen LogP contribution in [0.3, 0.4) is 0 Å². The normalized spacial score (nSPS) is 10.1. The summed E-state index contributed by atoms with van der Waals surface area (Å²) in [5, 5.41) is 0.695. The lowest BCUT2D eigenvalue weighted by Gasteiger charge is -2.04. The Bertz CT molecular complexity index is 490. The average Bonchev–Trinajstić information content (AvgIpc) is 2.32. The summed E-state index contributed by atoms with van der Waals surface area (Å²) >= 11 is 1.26. The van der Waals surface area contributed by atoms with Crippen LogP contribution in [0, 0.1) is 5.82 Å². The fraction of sp³-hybridized carbons (Fsp3) is 0. The molecule has 0 atom stereocenters. The Morgan fingerprint density at radius 1 is 1.12 bits per heavy atom. The highest BCUT2D eigenvalue weighted by atomic mass is 32.2. The Balaban J connectivity index is 2.24. The second-order valence-electron chi connectivity index (χ2n) is 3.04. The molecule has 2 rings (SSSR count). The summed E-state index contributed by atoms with van der Waals surface area (Å²) in [5.41, 5.74) is 2.45. The second-order valence-corrected chi connectivity index (χ2v) is 4.10. The van der Waals surface area contributed by atoms with Gasteiger partial charge in [-0.3, -0.25) is 0 Å². The number of nitrogens with two attached hydrogens (primary N) is 1. The maximum atomic E-state index is 13.4. The van der Waals surface area contributed by atoms with Crippen LogP contribution in [-0.4, -0.2) is 4.98 Å². The molecule has 1 aromatic carbocycles. The number of hydrogen-bond donors (Lipinski definition) is 2. The lowest BCUT2D eigenvalue weighted by molar-refractivity contribution is 0.602. The molecule has 1 aromatic heterocycles. The fourth-order valence-electron chi connectivity index (χ4n) is 1.19. The summed E-state index contributed by atoms with van der Waals surface area (Å²) in [7, 11) is 0. The highest BCUT2D eigenvalue weighted by Gasteiger charge is 2.04. The Labute approximate surface area is 96.9 Å². The van der Waals surface area contributed by atoms with E-state index in [1.807, 2.05) is 6.07 Å². The summed E-state index contributed by atoms with van der Waals surface area (Å²) < 4.78 is 13.4. The molecule has 0 radical (unpaired) electrons. The molecule has 0 amide bonds. The monoisotopic (exact) mass is 235 g/mol. The molecule has 0 aliphatic rings. The summed E-state index contributed by atoms with van der Waals surface area (Å²) in [5.74, 6) is 5.55. The van der Waals surface area contributed by atoms with Crippen LogP contribution in [0.1, 0.15) is 0 Å². The molecule has 0 bridgehead atoms. The fourth-order valence-corrected chi connectivity index (χ4v) is 2.02. The zero-order valence-electron chi connectivity index (χ0n) is 8.35. The number of hydrazine groups is 1. The van der Waals surface area contributed by atoms with Crippen molar-refractivity contribution in [2.75, 3.05) is 5.43 Å². The third-order valence-corrected chi connectivity index (χ3v) is 2.91. The molecule has 3 nitrogen and oxygen atoms in total. The number of benzene rings is 1. The van der Waals surface area contributed by atoms with E-state index >= 15 is 0 Å². The van der Waals surface area contributed by atoms with E-state index in [9.17, 15) is 4.39 Å². The number of anilines is 1. The van der Waals surface area contributed by atoms with Gasteiger partial charge in [0.25, 0.3) is 0 Å². The van der Waals surface area contributed by atoms with Crippen LogP contribution in [0.2, 0.25) is 0 Å². The topological polar surface area (TPSA) is 50.9 Å². The number of rotatable bonds is 3. The maximum absolute atomic E-state index is 13.4. The van der Waals surface area contributed by atoms with Gasteiger partial charge in [0.1, 0.15) is 16.7 Å². The van der Waals surface area contributed by atoms with Crippen molar-refractivity contribution in [2.24, 2.45) is 5.84 Å². The van der Waals surface area contributed by atoms with Crippen LogP contribution < -0.4 is 11.3 Å². The number of nitrogens with one attached hydrogen (secondary N) is 1. The molecule has 1 heterocycles. The SMILES string of the molecule is NNc1cccc(Sc2ccccc2F)n1.